The molecule has 38 heavy (non-hydrogen) atoms. The Labute approximate surface area is 217 Å². The fourth-order valence-corrected chi connectivity index (χ4v) is 3.73. The van der Waals surface area contributed by atoms with Gasteiger partial charge in [-0.25, -0.2) is 9.69 Å². The molecule has 0 atom stereocenters. The minimum atomic E-state index is -0.816. The molecule has 0 bridgehead atoms. The molecule has 1 N–H and O–H groups in total. The lowest BCUT2D eigenvalue weighted by molar-refractivity contribution is -0.384. The number of benzene rings is 3. The van der Waals surface area contributed by atoms with Crippen molar-refractivity contribution < 1.29 is 33.5 Å². The van der Waals surface area contributed by atoms with E-state index in [1.165, 1.54) is 37.5 Å². The van der Waals surface area contributed by atoms with Crippen molar-refractivity contribution in [2.75, 3.05) is 25.2 Å². The van der Waals surface area contributed by atoms with Crippen LogP contribution in [0.3, 0.4) is 0 Å². The van der Waals surface area contributed by atoms with Gasteiger partial charge in [0.25, 0.3) is 17.5 Å². The zero-order valence-corrected chi connectivity index (χ0v) is 20.5. The van der Waals surface area contributed by atoms with Gasteiger partial charge in [-0.15, -0.1) is 0 Å². The van der Waals surface area contributed by atoms with Crippen molar-refractivity contribution in [2.45, 2.75) is 6.92 Å². The molecule has 0 aliphatic carbocycles. The number of imide groups is 2. The summed E-state index contributed by atoms with van der Waals surface area (Å²) < 4.78 is 16.7. The van der Waals surface area contributed by atoms with Crippen LogP contribution in [0.5, 0.6) is 17.2 Å². The Morgan fingerprint density at radius 3 is 2.34 bits per heavy atom. The summed E-state index contributed by atoms with van der Waals surface area (Å²) in [5.74, 6) is -0.326. The van der Waals surface area contributed by atoms with Crippen molar-refractivity contribution in [3.8, 4) is 17.2 Å². The van der Waals surface area contributed by atoms with E-state index in [0.29, 0.717) is 34.1 Å². The maximum Gasteiger partial charge on any atom is 0.335 e. The third-order valence-corrected chi connectivity index (χ3v) is 5.61. The molecule has 11 heteroatoms. The number of methoxy groups -OCH3 is 1. The van der Waals surface area contributed by atoms with E-state index in [9.17, 15) is 24.5 Å². The Balaban J connectivity index is 1.45. The number of carbonyl (C=O) groups is 3. The second-order valence-corrected chi connectivity index (χ2v) is 8.10. The molecule has 0 saturated carbocycles. The second-order valence-electron chi connectivity index (χ2n) is 8.10. The van der Waals surface area contributed by atoms with Crippen LogP contribution in [0.15, 0.2) is 72.3 Å². The molecule has 194 valence electrons. The maximum absolute atomic E-state index is 13.1. The molecular weight excluding hydrogens is 494 g/mol. The SMILES string of the molecule is COc1cc(/C=C2\C(=O)NC(=O)N(c3ccccc3C)C2=O)ccc1OCCOc1ccc([N+](=O)[O-])cc1. The van der Waals surface area contributed by atoms with Gasteiger partial charge < -0.3 is 14.2 Å². The Morgan fingerprint density at radius 1 is 0.947 bits per heavy atom. The number of hydrogen-bond acceptors (Lipinski definition) is 8. The molecule has 0 unspecified atom stereocenters. The number of barbiturate groups is 1. The van der Waals surface area contributed by atoms with E-state index in [1.807, 2.05) is 0 Å². The summed E-state index contributed by atoms with van der Waals surface area (Å²) in [5, 5.41) is 12.9. The van der Waals surface area contributed by atoms with Crippen LogP contribution >= 0.6 is 0 Å². The summed E-state index contributed by atoms with van der Waals surface area (Å²) in [6, 6.07) is 16.6. The molecule has 3 aromatic rings. The first-order valence-electron chi connectivity index (χ1n) is 11.4. The van der Waals surface area contributed by atoms with E-state index in [2.05, 4.69) is 5.32 Å². The van der Waals surface area contributed by atoms with E-state index < -0.39 is 22.8 Å². The van der Waals surface area contributed by atoms with Gasteiger partial charge in [-0.1, -0.05) is 24.3 Å². The van der Waals surface area contributed by atoms with Gasteiger partial charge in [-0.05, 0) is 54.5 Å². The summed E-state index contributed by atoms with van der Waals surface area (Å²) in [5.41, 5.74) is 1.32. The number of anilines is 1. The highest BCUT2D eigenvalue weighted by atomic mass is 16.6. The Morgan fingerprint density at radius 2 is 1.66 bits per heavy atom. The highest BCUT2D eigenvalue weighted by Gasteiger charge is 2.37. The lowest BCUT2D eigenvalue weighted by atomic mass is 10.1. The largest absolute Gasteiger partial charge is 0.493 e. The van der Waals surface area contributed by atoms with Crippen molar-refractivity contribution in [2.24, 2.45) is 0 Å². The minimum absolute atomic E-state index is 0.0321. The Hall–Kier alpha value is -5.19. The highest BCUT2D eigenvalue weighted by molar-refractivity contribution is 6.39. The first kappa shape index (κ1) is 25.9. The number of amides is 4. The fraction of sp³-hybridized carbons (Fsp3) is 0.148. The van der Waals surface area contributed by atoms with Gasteiger partial charge in [-0.3, -0.25) is 25.0 Å². The molecule has 1 aliphatic rings. The third-order valence-electron chi connectivity index (χ3n) is 5.61. The van der Waals surface area contributed by atoms with E-state index in [1.54, 1.807) is 49.4 Å². The van der Waals surface area contributed by atoms with Gasteiger partial charge in [0.05, 0.1) is 17.7 Å². The third kappa shape index (κ3) is 5.62. The fourth-order valence-electron chi connectivity index (χ4n) is 3.73. The normalized spacial score (nSPS) is 14.3. The standard InChI is InChI=1S/C27H23N3O8/c1-17-5-3-4-6-22(17)29-26(32)21(25(31)28-27(29)33)15-18-7-12-23(24(16-18)36-2)38-14-13-37-20-10-8-19(9-11-20)30(34)35/h3-12,15-16H,13-14H2,1-2H3,(H,28,31,33)/b21-15+. The van der Waals surface area contributed by atoms with E-state index >= 15 is 0 Å². The topological polar surface area (TPSA) is 137 Å². The Kier molecular flexibility index (Phi) is 7.66. The number of nitrogens with one attached hydrogen (secondary N) is 1. The molecule has 3 aromatic carbocycles. The average Bonchev–Trinajstić information content (AvgIpc) is 2.90. The highest BCUT2D eigenvalue weighted by Crippen LogP contribution is 2.30. The van der Waals surface area contributed by atoms with Crippen molar-refractivity contribution in [1.82, 2.24) is 5.32 Å². The van der Waals surface area contributed by atoms with Gasteiger partial charge in [0.2, 0.25) is 0 Å². The van der Waals surface area contributed by atoms with Crippen LogP contribution in [0.25, 0.3) is 6.08 Å². The number of nitro groups is 1. The summed E-state index contributed by atoms with van der Waals surface area (Å²) in [6.45, 7) is 2.09. The van der Waals surface area contributed by atoms with Crippen LogP contribution in [0.4, 0.5) is 16.2 Å². The van der Waals surface area contributed by atoms with Crippen LogP contribution in [0, 0.1) is 17.0 Å². The monoisotopic (exact) mass is 517 g/mol. The van der Waals surface area contributed by atoms with Crippen molar-refractivity contribution in [3.63, 3.8) is 0 Å². The van der Waals surface area contributed by atoms with Crippen LogP contribution in [0.1, 0.15) is 11.1 Å². The number of ether oxygens (including phenoxy) is 3. The first-order chi connectivity index (χ1) is 18.3. The number of aryl methyl sites for hydroxylation is 1. The molecular formula is C27H23N3O8. The Bertz CT molecular complexity index is 1430. The number of urea groups is 1. The van der Waals surface area contributed by atoms with Crippen molar-refractivity contribution >= 4 is 35.3 Å². The lowest BCUT2D eigenvalue weighted by Crippen LogP contribution is -2.54. The minimum Gasteiger partial charge on any atom is -0.493 e. The first-order valence-corrected chi connectivity index (χ1v) is 11.4. The van der Waals surface area contributed by atoms with E-state index in [4.69, 9.17) is 14.2 Å². The number of para-hydroxylation sites is 1. The molecule has 1 saturated heterocycles. The summed E-state index contributed by atoms with van der Waals surface area (Å²) in [7, 11) is 1.45. The zero-order valence-electron chi connectivity index (χ0n) is 20.5. The van der Waals surface area contributed by atoms with Crippen LogP contribution in [-0.4, -0.2) is 43.1 Å². The quantitative estimate of drug-likeness (QED) is 0.148. The van der Waals surface area contributed by atoms with Crippen LogP contribution in [0.2, 0.25) is 0 Å². The maximum atomic E-state index is 13.1. The smallest absolute Gasteiger partial charge is 0.335 e. The van der Waals surface area contributed by atoms with Gasteiger partial charge in [0, 0.05) is 12.1 Å². The number of nitrogens with zero attached hydrogens (tertiary/aromatic N) is 2. The molecule has 11 nitrogen and oxygen atoms in total. The molecule has 0 aromatic heterocycles. The molecule has 4 rings (SSSR count). The number of nitro benzene ring substituents is 1. The predicted octanol–water partition coefficient (Wildman–Crippen LogP) is 4.04. The summed E-state index contributed by atoms with van der Waals surface area (Å²) in [4.78, 5) is 49.3. The van der Waals surface area contributed by atoms with Gasteiger partial charge in [-0.2, -0.15) is 0 Å². The predicted molar refractivity (Wildman–Crippen MR) is 137 cm³/mol. The second kappa shape index (κ2) is 11.2. The summed E-state index contributed by atoms with van der Waals surface area (Å²) >= 11 is 0. The number of rotatable bonds is 9. The van der Waals surface area contributed by atoms with Crippen LogP contribution in [-0.2, 0) is 9.59 Å². The van der Waals surface area contributed by atoms with E-state index in [0.717, 1.165) is 4.90 Å². The molecule has 0 radical (unpaired) electrons. The molecule has 0 spiro atoms. The lowest BCUT2D eigenvalue weighted by Gasteiger charge is -2.27. The molecule has 4 amide bonds. The van der Waals surface area contributed by atoms with Crippen molar-refractivity contribution in [1.29, 1.82) is 0 Å². The number of hydrogen-bond donors (Lipinski definition) is 1. The molecule has 1 heterocycles. The van der Waals surface area contributed by atoms with Crippen molar-refractivity contribution in [3.05, 3.63) is 93.5 Å². The number of non-ortho nitro benzene ring substituents is 1. The van der Waals surface area contributed by atoms with Gasteiger partial charge >= 0.3 is 6.03 Å². The summed E-state index contributed by atoms with van der Waals surface area (Å²) in [6.07, 6.45) is 1.37. The molecule has 1 fully saturated rings. The average molecular weight is 517 g/mol. The number of carbonyl (C=O) groups excluding carboxylic acids is 3. The van der Waals surface area contributed by atoms with Gasteiger partial charge in [0.15, 0.2) is 11.5 Å². The van der Waals surface area contributed by atoms with Gasteiger partial charge in [0.1, 0.15) is 24.5 Å². The van der Waals surface area contributed by atoms with Crippen LogP contribution < -0.4 is 24.4 Å². The molecule has 1 aliphatic heterocycles. The van der Waals surface area contributed by atoms with E-state index in [-0.39, 0.29) is 24.5 Å². The zero-order chi connectivity index (χ0) is 27.2.